The molecule has 1 fully saturated rings. The number of benzene rings is 1. The van der Waals surface area contributed by atoms with Gasteiger partial charge in [0.25, 0.3) is 0 Å². The second kappa shape index (κ2) is 7.44. The fraction of sp³-hybridized carbons (Fsp3) is 0.471. The molecule has 0 aromatic heterocycles. The molecule has 1 aromatic carbocycles. The number of carboxylic acid groups (broad SMARTS) is 1. The number of ketones is 1. The van der Waals surface area contributed by atoms with Gasteiger partial charge in [0, 0.05) is 6.54 Å². The maximum absolute atomic E-state index is 12.6. The Balaban J connectivity index is 2.18. The summed E-state index contributed by atoms with van der Waals surface area (Å²) in [6.45, 7) is 1.87. The summed E-state index contributed by atoms with van der Waals surface area (Å²) in [6.07, 6.45) is -0.0410. The van der Waals surface area contributed by atoms with Crippen molar-refractivity contribution in [3.8, 4) is 0 Å². The number of hydrogen-bond donors (Lipinski definition) is 2. The molecule has 0 spiro atoms. The van der Waals surface area contributed by atoms with Crippen molar-refractivity contribution in [3.63, 3.8) is 0 Å². The standard InChI is InChI=1S/C17H22N2O5/c1-2-13(18)14(20)17(15(21)22)9-6-10-19(17)16(23)24-11-12-7-4-3-5-8-12/h3-5,7-8,13H,2,6,9-11,18H2,1H3,(H,21,22)/t13?,17-/m1/s1. The summed E-state index contributed by atoms with van der Waals surface area (Å²) in [5.41, 5.74) is 4.61. The highest BCUT2D eigenvalue weighted by Crippen LogP contribution is 2.33. The molecule has 7 heteroatoms. The summed E-state index contributed by atoms with van der Waals surface area (Å²) < 4.78 is 5.21. The molecular formula is C17H22N2O5. The van der Waals surface area contributed by atoms with Crippen molar-refractivity contribution in [2.75, 3.05) is 6.54 Å². The topological polar surface area (TPSA) is 110 Å². The number of hydrogen-bond acceptors (Lipinski definition) is 5. The van der Waals surface area contributed by atoms with Crippen LogP contribution >= 0.6 is 0 Å². The van der Waals surface area contributed by atoms with Crippen LogP contribution in [0.1, 0.15) is 31.7 Å². The summed E-state index contributed by atoms with van der Waals surface area (Å²) in [7, 11) is 0. The zero-order chi connectivity index (χ0) is 17.7. The summed E-state index contributed by atoms with van der Waals surface area (Å²) >= 11 is 0. The molecule has 1 aromatic rings. The fourth-order valence-corrected chi connectivity index (χ4v) is 2.94. The summed E-state index contributed by atoms with van der Waals surface area (Å²) in [5, 5.41) is 9.66. The smallest absolute Gasteiger partial charge is 0.411 e. The predicted octanol–water partition coefficient (Wildman–Crippen LogP) is 1.55. The molecule has 24 heavy (non-hydrogen) atoms. The average Bonchev–Trinajstić information content (AvgIpc) is 3.05. The van der Waals surface area contributed by atoms with Gasteiger partial charge in [0.05, 0.1) is 6.04 Å². The minimum Gasteiger partial charge on any atom is -0.479 e. The van der Waals surface area contributed by atoms with Crippen LogP contribution in [0.2, 0.25) is 0 Å². The Hall–Kier alpha value is -2.41. The Morgan fingerprint density at radius 2 is 2.00 bits per heavy atom. The number of carbonyl (C=O) groups excluding carboxylic acids is 2. The number of Topliss-reactive ketones (excluding diaryl/α,β-unsaturated/α-hetero) is 1. The third-order valence-electron chi connectivity index (χ3n) is 4.34. The van der Waals surface area contributed by atoms with Crippen LogP contribution in [0, 0.1) is 0 Å². The van der Waals surface area contributed by atoms with Gasteiger partial charge in [0.1, 0.15) is 6.61 Å². The van der Waals surface area contributed by atoms with Gasteiger partial charge >= 0.3 is 12.1 Å². The van der Waals surface area contributed by atoms with E-state index >= 15 is 0 Å². The lowest BCUT2D eigenvalue weighted by molar-refractivity contribution is -0.155. The number of amides is 1. The Kier molecular flexibility index (Phi) is 5.56. The first kappa shape index (κ1) is 17.9. The molecule has 7 nitrogen and oxygen atoms in total. The van der Waals surface area contributed by atoms with E-state index in [1.165, 1.54) is 0 Å². The highest BCUT2D eigenvalue weighted by molar-refractivity contribution is 6.12. The molecule has 1 unspecified atom stereocenters. The van der Waals surface area contributed by atoms with E-state index in [-0.39, 0.29) is 19.6 Å². The second-order valence-corrected chi connectivity index (χ2v) is 5.84. The van der Waals surface area contributed by atoms with Gasteiger partial charge in [-0.2, -0.15) is 0 Å². The Labute approximate surface area is 140 Å². The monoisotopic (exact) mass is 334 g/mol. The second-order valence-electron chi connectivity index (χ2n) is 5.84. The van der Waals surface area contributed by atoms with Crippen molar-refractivity contribution in [3.05, 3.63) is 35.9 Å². The van der Waals surface area contributed by atoms with Gasteiger partial charge in [0.2, 0.25) is 5.54 Å². The molecule has 0 saturated carbocycles. The van der Waals surface area contributed by atoms with Gasteiger partial charge in [-0.05, 0) is 24.8 Å². The molecule has 2 rings (SSSR count). The van der Waals surface area contributed by atoms with Crippen LogP contribution in [0.15, 0.2) is 30.3 Å². The molecule has 1 saturated heterocycles. The summed E-state index contributed by atoms with van der Waals surface area (Å²) in [6, 6.07) is 8.11. The van der Waals surface area contributed by atoms with Crippen LogP contribution in [-0.2, 0) is 20.9 Å². The number of aliphatic carboxylic acids is 1. The molecule has 1 amide bonds. The largest absolute Gasteiger partial charge is 0.479 e. The first-order valence-electron chi connectivity index (χ1n) is 7.95. The zero-order valence-electron chi connectivity index (χ0n) is 13.6. The lowest BCUT2D eigenvalue weighted by atomic mass is 9.86. The van der Waals surface area contributed by atoms with Crippen LogP contribution in [-0.4, -0.2) is 46.0 Å². The Morgan fingerprint density at radius 3 is 2.58 bits per heavy atom. The summed E-state index contributed by atoms with van der Waals surface area (Å²) in [4.78, 5) is 37.8. The third-order valence-corrected chi connectivity index (χ3v) is 4.34. The molecular weight excluding hydrogens is 312 g/mol. The number of nitrogens with zero attached hydrogens (tertiary/aromatic N) is 1. The van der Waals surface area contributed by atoms with Crippen molar-refractivity contribution in [2.24, 2.45) is 5.73 Å². The van der Waals surface area contributed by atoms with E-state index in [2.05, 4.69) is 0 Å². The number of carboxylic acids is 1. The number of likely N-dealkylation sites (tertiary alicyclic amines) is 1. The van der Waals surface area contributed by atoms with Gasteiger partial charge < -0.3 is 15.6 Å². The van der Waals surface area contributed by atoms with Crippen LogP contribution < -0.4 is 5.73 Å². The van der Waals surface area contributed by atoms with Gasteiger partial charge in [-0.25, -0.2) is 9.59 Å². The molecule has 1 heterocycles. The molecule has 0 aliphatic carbocycles. The van der Waals surface area contributed by atoms with Gasteiger partial charge in [-0.15, -0.1) is 0 Å². The molecule has 130 valence electrons. The zero-order valence-corrected chi connectivity index (χ0v) is 13.6. The van der Waals surface area contributed by atoms with Crippen molar-refractivity contribution in [1.82, 2.24) is 4.90 Å². The maximum atomic E-state index is 12.6. The third kappa shape index (κ3) is 3.26. The molecule has 2 atom stereocenters. The first-order chi connectivity index (χ1) is 11.4. The van der Waals surface area contributed by atoms with Crippen molar-refractivity contribution in [1.29, 1.82) is 0 Å². The number of ether oxygens (including phenoxy) is 1. The van der Waals surface area contributed by atoms with Crippen LogP contribution in [0.5, 0.6) is 0 Å². The predicted molar refractivity (Wildman–Crippen MR) is 86.2 cm³/mol. The molecule has 3 N–H and O–H groups in total. The minimum atomic E-state index is -1.93. The van der Waals surface area contributed by atoms with E-state index < -0.39 is 29.4 Å². The number of nitrogens with two attached hydrogens (primary N) is 1. The number of rotatable bonds is 6. The Morgan fingerprint density at radius 1 is 1.33 bits per heavy atom. The lowest BCUT2D eigenvalue weighted by Gasteiger charge is -2.34. The highest BCUT2D eigenvalue weighted by Gasteiger charge is 2.57. The minimum absolute atomic E-state index is 0.0138. The van der Waals surface area contributed by atoms with E-state index in [0.717, 1.165) is 10.5 Å². The van der Waals surface area contributed by atoms with E-state index in [1.807, 2.05) is 18.2 Å². The molecule has 1 aliphatic heterocycles. The maximum Gasteiger partial charge on any atom is 0.411 e. The SMILES string of the molecule is CCC(N)C(=O)[C@@]1(C(=O)O)CCCN1C(=O)OCc1ccccc1. The van der Waals surface area contributed by atoms with Crippen molar-refractivity contribution >= 4 is 17.8 Å². The fourth-order valence-electron chi connectivity index (χ4n) is 2.94. The van der Waals surface area contributed by atoms with Gasteiger partial charge in [-0.1, -0.05) is 37.3 Å². The van der Waals surface area contributed by atoms with Gasteiger partial charge in [0.15, 0.2) is 5.78 Å². The highest BCUT2D eigenvalue weighted by atomic mass is 16.6. The Bertz CT molecular complexity index is 619. The van der Waals surface area contributed by atoms with Crippen LogP contribution in [0.25, 0.3) is 0 Å². The normalized spacial score (nSPS) is 21.3. The van der Waals surface area contributed by atoms with Crippen molar-refractivity contribution < 1.29 is 24.2 Å². The van der Waals surface area contributed by atoms with E-state index in [1.54, 1.807) is 19.1 Å². The molecule has 0 bridgehead atoms. The van der Waals surface area contributed by atoms with Crippen molar-refractivity contribution in [2.45, 2.75) is 44.4 Å². The number of carbonyl (C=O) groups is 3. The van der Waals surface area contributed by atoms with Gasteiger partial charge in [-0.3, -0.25) is 9.69 Å². The first-order valence-corrected chi connectivity index (χ1v) is 7.95. The summed E-state index contributed by atoms with van der Waals surface area (Å²) in [5.74, 6) is -2.00. The molecule has 0 radical (unpaired) electrons. The van der Waals surface area contributed by atoms with E-state index in [0.29, 0.717) is 12.8 Å². The van der Waals surface area contributed by atoms with Crippen LogP contribution in [0.4, 0.5) is 4.79 Å². The van der Waals surface area contributed by atoms with E-state index in [9.17, 15) is 19.5 Å². The lowest BCUT2D eigenvalue weighted by Crippen LogP contribution is -2.62. The molecule has 1 aliphatic rings. The van der Waals surface area contributed by atoms with E-state index in [4.69, 9.17) is 10.5 Å². The quantitative estimate of drug-likeness (QED) is 0.764. The van der Waals surface area contributed by atoms with Crippen LogP contribution in [0.3, 0.4) is 0 Å². The average molecular weight is 334 g/mol.